The second-order valence-corrected chi connectivity index (χ2v) is 5.66. The zero-order valence-electron chi connectivity index (χ0n) is 8.60. The second kappa shape index (κ2) is 4.89. The highest BCUT2D eigenvalue weighted by molar-refractivity contribution is 7.84. The van der Waals surface area contributed by atoms with Gasteiger partial charge in [-0.05, 0) is 6.92 Å². The third kappa shape index (κ3) is 2.78. The Hall–Kier alpha value is -0.420. The number of likely N-dealkylation sites (tertiary alicyclic amines) is 1. The minimum absolute atomic E-state index is 0.0105. The summed E-state index contributed by atoms with van der Waals surface area (Å²) in [5, 5.41) is 8.92. The minimum Gasteiger partial charge on any atom is -0.396 e. The number of amides is 1. The van der Waals surface area contributed by atoms with E-state index in [1.54, 1.807) is 11.2 Å². The van der Waals surface area contributed by atoms with Gasteiger partial charge < -0.3 is 10.0 Å². The molecular formula is C9H17NO3S. The summed E-state index contributed by atoms with van der Waals surface area (Å²) in [5.41, 5.74) is 0. The predicted octanol–water partition coefficient (Wildman–Crippen LogP) is -0.406. The van der Waals surface area contributed by atoms with Crippen LogP contribution >= 0.6 is 0 Å². The molecule has 3 unspecified atom stereocenters. The van der Waals surface area contributed by atoms with Gasteiger partial charge in [0.15, 0.2) is 0 Å². The first kappa shape index (κ1) is 11.7. The van der Waals surface area contributed by atoms with Crippen LogP contribution in [-0.2, 0) is 15.6 Å². The monoisotopic (exact) mass is 219 g/mol. The van der Waals surface area contributed by atoms with E-state index in [4.69, 9.17) is 5.11 Å². The van der Waals surface area contributed by atoms with Crippen LogP contribution in [-0.4, -0.2) is 51.3 Å². The Labute approximate surface area is 86.7 Å². The highest BCUT2D eigenvalue weighted by Crippen LogP contribution is 2.17. The first-order valence-electron chi connectivity index (χ1n) is 4.75. The van der Waals surface area contributed by atoms with E-state index in [-0.39, 0.29) is 23.7 Å². The lowest BCUT2D eigenvalue weighted by atomic mass is 10.1. The number of nitrogens with zero attached hydrogens (tertiary/aromatic N) is 1. The molecule has 1 aliphatic heterocycles. The van der Waals surface area contributed by atoms with Crippen LogP contribution in [0, 0.1) is 5.92 Å². The molecule has 1 rings (SSSR count). The highest BCUT2D eigenvalue weighted by Gasteiger charge is 2.30. The number of carbonyl (C=O) groups is 1. The molecule has 0 saturated carbocycles. The van der Waals surface area contributed by atoms with Gasteiger partial charge in [0, 0.05) is 54.3 Å². The fourth-order valence-corrected chi connectivity index (χ4v) is 1.96. The number of hydrogen-bond acceptors (Lipinski definition) is 3. The van der Waals surface area contributed by atoms with E-state index in [0.717, 1.165) is 0 Å². The summed E-state index contributed by atoms with van der Waals surface area (Å²) < 4.78 is 11.1. The van der Waals surface area contributed by atoms with Crippen LogP contribution in [0.25, 0.3) is 0 Å². The molecule has 0 bridgehead atoms. The van der Waals surface area contributed by atoms with Gasteiger partial charge in [-0.3, -0.25) is 9.00 Å². The van der Waals surface area contributed by atoms with Crippen molar-refractivity contribution < 1.29 is 14.1 Å². The number of rotatable bonds is 4. The Balaban J connectivity index is 2.46. The van der Waals surface area contributed by atoms with E-state index < -0.39 is 10.8 Å². The van der Waals surface area contributed by atoms with Crippen molar-refractivity contribution in [3.63, 3.8) is 0 Å². The molecule has 14 heavy (non-hydrogen) atoms. The lowest BCUT2D eigenvalue weighted by Crippen LogP contribution is -2.34. The summed E-state index contributed by atoms with van der Waals surface area (Å²) in [4.78, 5) is 13.1. The van der Waals surface area contributed by atoms with Gasteiger partial charge in [0.05, 0.1) is 0 Å². The number of carbonyl (C=O) groups excluding carboxylic acids is 1. The molecule has 1 fully saturated rings. The third-order valence-corrected chi connectivity index (χ3v) is 3.88. The molecule has 1 heterocycles. The van der Waals surface area contributed by atoms with Crippen molar-refractivity contribution in [2.75, 3.05) is 26.0 Å². The SMILES string of the molecule is CC(CN1CC(CO)CC1=O)S(C)=O. The van der Waals surface area contributed by atoms with Crippen LogP contribution in [0.4, 0.5) is 0 Å². The molecule has 82 valence electrons. The summed E-state index contributed by atoms with van der Waals surface area (Å²) in [6.45, 7) is 3.08. The zero-order valence-corrected chi connectivity index (χ0v) is 9.42. The number of aliphatic hydroxyl groups is 1. The maximum Gasteiger partial charge on any atom is 0.223 e. The molecular weight excluding hydrogens is 202 g/mol. The largest absolute Gasteiger partial charge is 0.396 e. The average Bonchev–Trinajstić information content (AvgIpc) is 2.47. The van der Waals surface area contributed by atoms with Crippen molar-refractivity contribution in [1.29, 1.82) is 0 Å². The van der Waals surface area contributed by atoms with Crippen LogP contribution in [0.5, 0.6) is 0 Å². The first-order chi connectivity index (χ1) is 6.54. The number of hydrogen-bond donors (Lipinski definition) is 1. The predicted molar refractivity (Wildman–Crippen MR) is 55.3 cm³/mol. The van der Waals surface area contributed by atoms with Crippen LogP contribution in [0.3, 0.4) is 0 Å². The van der Waals surface area contributed by atoms with Gasteiger partial charge in [0.25, 0.3) is 0 Å². The van der Waals surface area contributed by atoms with Crippen molar-refractivity contribution >= 4 is 16.7 Å². The second-order valence-electron chi connectivity index (χ2n) is 3.86. The Morgan fingerprint density at radius 3 is 2.79 bits per heavy atom. The fourth-order valence-electron chi connectivity index (χ4n) is 1.57. The third-order valence-electron chi connectivity index (χ3n) is 2.60. The van der Waals surface area contributed by atoms with E-state index in [2.05, 4.69) is 0 Å². The van der Waals surface area contributed by atoms with Crippen LogP contribution in [0.15, 0.2) is 0 Å². The average molecular weight is 219 g/mol. The highest BCUT2D eigenvalue weighted by atomic mass is 32.2. The molecule has 0 aromatic heterocycles. The van der Waals surface area contributed by atoms with Gasteiger partial charge in [-0.25, -0.2) is 0 Å². The quantitative estimate of drug-likeness (QED) is 0.699. The molecule has 1 saturated heterocycles. The number of aliphatic hydroxyl groups excluding tert-OH is 1. The lowest BCUT2D eigenvalue weighted by Gasteiger charge is -2.19. The maximum atomic E-state index is 11.4. The van der Waals surface area contributed by atoms with Crippen molar-refractivity contribution in [2.45, 2.75) is 18.6 Å². The molecule has 1 aliphatic rings. The van der Waals surface area contributed by atoms with Crippen molar-refractivity contribution in [3.8, 4) is 0 Å². The molecule has 0 radical (unpaired) electrons. The van der Waals surface area contributed by atoms with Gasteiger partial charge in [-0.15, -0.1) is 0 Å². The molecule has 4 nitrogen and oxygen atoms in total. The van der Waals surface area contributed by atoms with E-state index in [0.29, 0.717) is 19.5 Å². The van der Waals surface area contributed by atoms with Gasteiger partial charge in [0.2, 0.25) is 5.91 Å². The molecule has 0 spiro atoms. The smallest absolute Gasteiger partial charge is 0.223 e. The molecule has 5 heteroatoms. The Morgan fingerprint density at radius 2 is 2.36 bits per heavy atom. The van der Waals surface area contributed by atoms with E-state index in [1.807, 2.05) is 6.92 Å². The van der Waals surface area contributed by atoms with Gasteiger partial charge in [-0.1, -0.05) is 0 Å². The van der Waals surface area contributed by atoms with Gasteiger partial charge in [0.1, 0.15) is 0 Å². The molecule has 0 aliphatic carbocycles. The molecule has 1 N–H and O–H groups in total. The zero-order chi connectivity index (χ0) is 10.7. The van der Waals surface area contributed by atoms with Gasteiger partial charge >= 0.3 is 0 Å². The Morgan fingerprint density at radius 1 is 1.71 bits per heavy atom. The fraction of sp³-hybridized carbons (Fsp3) is 0.889. The summed E-state index contributed by atoms with van der Waals surface area (Å²) in [5.74, 6) is 0.140. The summed E-state index contributed by atoms with van der Waals surface area (Å²) >= 11 is 0. The maximum absolute atomic E-state index is 11.4. The lowest BCUT2D eigenvalue weighted by molar-refractivity contribution is -0.127. The van der Waals surface area contributed by atoms with Crippen molar-refractivity contribution in [2.24, 2.45) is 5.92 Å². The molecule has 3 atom stereocenters. The normalized spacial score (nSPS) is 26.6. The topological polar surface area (TPSA) is 57.6 Å². The molecule has 0 aromatic carbocycles. The van der Waals surface area contributed by atoms with Crippen LogP contribution in [0.2, 0.25) is 0 Å². The van der Waals surface area contributed by atoms with Crippen molar-refractivity contribution in [3.05, 3.63) is 0 Å². The molecule has 1 amide bonds. The minimum atomic E-state index is -0.891. The van der Waals surface area contributed by atoms with E-state index in [1.165, 1.54) is 0 Å². The molecule has 0 aromatic rings. The Bertz CT molecular complexity index is 244. The summed E-state index contributed by atoms with van der Waals surface area (Å²) in [6.07, 6.45) is 2.08. The van der Waals surface area contributed by atoms with E-state index >= 15 is 0 Å². The van der Waals surface area contributed by atoms with Crippen LogP contribution in [0.1, 0.15) is 13.3 Å². The first-order valence-corrected chi connectivity index (χ1v) is 6.37. The van der Waals surface area contributed by atoms with Gasteiger partial charge in [-0.2, -0.15) is 0 Å². The Kier molecular flexibility index (Phi) is 4.07. The standard InChI is InChI=1S/C9H17NO3S/c1-7(14(2)13)4-10-5-8(6-11)3-9(10)12/h7-8,11H,3-6H2,1-2H3. The van der Waals surface area contributed by atoms with Crippen LogP contribution < -0.4 is 0 Å². The summed E-state index contributed by atoms with van der Waals surface area (Å²) in [6, 6.07) is 0. The summed E-state index contributed by atoms with van der Waals surface area (Å²) in [7, 11) is -0.891. The van der Waals surface area contributed by atoms with E-state index in [9.17, 15) is 9.00 Å². The van der Waals surface area contributed by atoms with Crippen molar-refractivity contribution in [1.82, 2.24) is 4.90 Å².